The summed E-state index contributed by atoms with van der Waals surface area (Å²) in [5.74, 6) is 0.234. The number of esters is 1. The predicted molar refractivity (Wildman–Crippen MR) is 127 cm³/mol. The Kier molecular flexibility index (Phi) is 5.57. The molecule has 0 amide bonds. The summed E-state index contributed by atoms with van der Waals surface area (Å²) < 4.78 is 8.74. The van der Waals surface area contributed by atoms with Crippen LogP contribution in [0.4, 0.5) is 0 Å². The number of fused-ring (bicyclic) bond motifs is 3. The number of para-hydroxylation sites is 1. The Morgan fingerprint density at radius 1 is 1.00 bits per heavy atom. The van der Waals surface area contributed by atoms with Crippen LogP contribution >= 0.6 is 11.8 Å². The molecule has 2 heterocycles. The van der Waals surface area contributed by atoms with Gasteiger partial charge in [0, 0.05) is 16.8 Å². The van der Waals surface area contributed by atoms with Crippen LogP contribution in [0.5, 0.6) is 0 Å². The third kappa shape index (κ3) is 3.70. The molecule has 2 aromatic heterocycles. The van der Waals surface area contributed by atoms with E-state index in [1.165, 1.54) is 16.3 Å². The second-order valence-corrected chi connectivity index (χ2v) is 8.50. The SMILES string of the molecule is Cn1c(=O)c2ccccc2n2c(COC(=O)c3ccccc3Sc3ccccc3C#N)nnc12. The lowest BCUT2D eigenvalue weighted by Crippen LogP contribution is -2.20. The number of aryl methyl sites for hydroxylation is 1. The van der Waals surface area contributed by atoms with Gasteiger partial charge < -0.3 is 4.74 Å². The fourth-order valence-corrected chi connectivity index (χ4v) is 4.70. The van der Waals surface area contributed by atoms with Crippen LogP contribution in [0.3, 0.4) is 0 Å². The molecule has 0 atom stereocenters. The highest BCUT2D eigenvalue weighted by atomic mass is 32.2. The van der Waals surface area contributed by atoms with Crippen LogP contribution in [0, 0.1) is 11.3 Å². The third-order valence-electron chi connectivity index (χ3n) is 5.36. The van der Waals surface area contributed by atoms with Gasteiger partial charge in [0.05, 0.1) is 22.0 Å². The summed E-state index contributed by atoms with van der Waals surface area (Å²) in [5.41, 5.74) is 1.37. The van der Waals surface area contributed by atoms with Gasteiger partial charge in [0.2, 0.25) is 5.78 Å². The zero-order valence-corrected chi connectivity index (χ0v) is 18.8. The zero-order chi connectivity index (χ0) is 23.7. The molecule has 0 aliphatic heterocycles. The van der Waals surface area contributed by atoms with E-state index in [4.69, 9.17) is 4.74 Å². The zero-order valence-electron chi connectivity index (χ0n) is 18.0. The van der Waals surface area contributed by atoms with Crippen LogP contribution in [0.1, 0.15) is 21.7 Å². The molecule has 0 saturated carbocycles. The van der Waals surface area contributed by atoms with Crippen molar-refractivity contribution in [3.8, 4) is 6.07 Å². The van der Waals surface area contributed by atoms with Gasteiger partial charge in [-0.05, 0) is 36.4 Å². The Labute approximate surface area is 198 Å². The predicted octanol–water partition coefficient (Wildman–Crippen LogP) is 3.96. The molecule has 0 unspecified atom stereocenters. The first-order valence-electron chi connectivity index (χ1n) is 10.3. The summed E-state index contributed by atoms with van der Waals surface area (Å²) >= 11 is 1.33. The molecule has 0 saturated heterocycles. The second-order valence-electron chi connectivity index (χ2n) is 7.42. The molecule has 9 heteroatoms. The first-order chi connectivity index (χ1) is 16.6. The van der Waals surface area contributed by atoms with E-state index in [1.54, 1.807) is 53.9 Å². The minimum Gasteiger partial charge on any atom is -0.454 e. The van der Waals surface area contributed by atoms with Crippen molar-refractivity contribution in [2.45, 2.75) is 16.4 Å². The van der Waals surface area contributed by atoms with Gasteiger partial charge in [-0.25, -0.2) is 4.79 Å². The second kappa shape index (κ2) is 8.84. The van der Waals surface area contributed by atoms with Crippen LogP contribution in [0.2, 0.25) is 0 Å². The van der Waals surface area contributed by atoms with E-state index < -0.39 is 5.97 Å². The molecule has 0 bridgehead atoms. The molecule has 3 aromatic carbocycles. The molecule has 166 valence electrons. The maximum atomic E-state index is 13.0. The van der Waals surface area contributed by atoms with Crippen molar-refractivity contribution in [1.29, 1.82) is 5.26 Å². The molecular formula is C25H17N5O3S. The summed E-state index contributed by atoms with van der Waals surface area (Å²) in [6.07, 6.45) is 0. The van der Waals surface area contributed by atoms with Crippen molar-refractivity contribution in [3.63, 3.8) is 0 Å². The summed E-state index contributed by atoms with van der Waals surface area (Å²) in [4.78, 5) is 27.0. The van der Waals surface area contributed by atoms with Crippen LogP contribution in [-0.2, 0) is 18.4 Å². The van der Waals surface area contributed by atoms with Crippen molar-refractivity contribution in [2.24, 2.45) is 7.05 Å². The highest BCUT2D eigenvalue weighted by Gasteiger charge is 2.18. The van der Waals surface area contributed by atoms with Crippen molar-refractivity contribution >= 4 is 34.4 Å². The lowest BCUT2D eigenvalue weighted by atomic mass is 10.2. The first-order valence-corrected chi connectivity index (χ1v) is 11.1. The maximum Gasteiger partial charge on any atom is 0.339 e. The van der Waals surface area contributed by atoms with Crippen molar-refractivity contribution in [2.75, 3.05) is 0 Å². The fraction of sp³-hybridized carbons (Fsp3) is 0.0800. The third-order valence-corrected chi connectivity index (χ3v) is 6.51. The van der Waals surface area contributed by atoms with E-state index in [-0.39, 0.29) is 12.2 Å². The number of aromatic nitrogens is 4. The van der Waals surface area contributed by atoms with E-state index >= 15 is 0 Å². The van der Waals surface area contributed by atoms with Crippen LogP contribution < -0.4 is 5.56 Å². The fourth-order valence-electron chi connectivity index (χ4n) is 3.68. The van der Waals surface area contributed by atoms with Gasteiger partial charge in [-0.1, -0.05) is 48.2 Å². The molecule has 0 aliphatic carbocycles. The van der Waals surface area contributed by atoms with Gasteiger partial charge in [0.15, 0.2) is 12.4 Å². The average molecular weight is 468 g/mol. The summed E-state index contributed by atoms with van der Waals surface area (Å²) in [5, 5.41) is 18.2. The van der Waals surface area contributed by atoms with Gasteiger partial charge in [0.1, 0.15) is 6.07 Å². The molecule has 0 radical (unpaired) electrons. The average Bonchev–Trinajstić information content (AvgIpc) is 3.31. The lowest BCUT2D eigenvalue weighted by Gasteiger charge is -2.10. The largest absolute Gasteiger partial charge is 0.454 e. The number of ether oxygens (including phenoxy) is 1. The van der Waals surface area contributed by atoms with Crippen molar-refractivity contribution in [1.82, 2.24) is 19.2 Å². The smallest absolute Gasteiger partial charge is 0.339 e. The van der Waals surface area contributed by atoms with E-state index in [9.17, 15) is 14.9 Å². The maximum absolute atomic E-state index is 13.0. The normalized spacial score (nSPS) is 10.9. The minimum atomic E-state index is -0.525. The quantitative estimate of drug-likeness (QED) is 0.361. The summed E-state index contributed by atoms with van der Waals surface area (Å²) in [6, 6.07) is 23.6. The number of hydrogen-bond acceptors (Lipinski definition) is 7. The van der Waals surface area contributed by atoms with E-state index in [1.807, 2.05) is 30.3 Å². The number of hydrogen-bond donors (Lipinski definition) is 0. The summed E-state index contributed by atoms with van der Waals surface area (Å²) in [7, 11) is 1.63. The van der Waals surface area contributed by atoms with E-state index in [2.05, 4.69) is 16.3 Å². The van der Waals surface area contributed by atoms with Gasteiger partial charge in [0.25, 0.3) is 5.56 Å². The molecular weight excluding hydrogens is 450 g/mol. The Hall–Kier alpha value is -4.42. The van der Waals surface area contributed by atoms with Crippen molar-refractivity contribution < 1.29 is 9.53 Å². The molecule has 0 fully saturated rings. The monoisotopic (exact) mass is 467 g/mol. The number of carbonyl (C=O) groups excluding carboxylic acids is 1. The topological polar surface area (TPSA) is 102 Å². The van der Waals surface area contributed by atoms with E-state index in [0.717, 1.165) is 4.90 Å². The first kappa shape index (κ1) is 21.4. The molecule has 0 aliphatic rings. The van der Waals surface area contributed by atoms with Crippen LogP contribution in [0.15, 0.2) is 87.4 Å². The van der Waals surface area contributed by atoms with Gasteiger partial charge >= 0.3 is 5.97 Å². The number of nitriles is 1. The number of carbonyl (C=O) groups is 1. The highest BCUT2D eigenvalue weighted by molar-refractivity contribution is 7.99. The molecule has 8 nitrogen and oxygen atoms in total. The number of benzene rings is 3. The van der Waals surface area contributed by atoms with Crippen molar-refractivity contribution in [3.05, 3.63) is 100 Å². The lowest BCUT2D eigenvalue weighted by molar-refractivity contribution is 0.0457. The van der Waals surface area contributed by atoms with Crippen LogP contribution in [0.25, 0.3) is 16.7 Å². The molecule has 5 aromatic rings. The minimum absolute atomic E-state index is 0.129. The molecule has 0 spiro atoms. The Bertz CT molecular complexity index is 1670. The molecule has 5 rings (SSSR count). The number of nitrogens with zero attached hydrogens (tertiary/aromatic N) is 5. The Morgan fingerprint density at radius 2 is 1.71 bits per heavy atom. The van der Waals surface area contributed by atoms with Crippen LogP contribution in [-0.4, -0.2) is 25.1 Å². The molecule has 0 N–H and O–H groups in total. The van der Waals surface area contributed by atoms with Gasteiger partial charge in [-0.3, -0.25) is 13.8 Å². The number of rotatable bonds is 5. The highest BCUT2D eigenvalue weighted by Crippen LogP contribution is 2.33. The van der Waals surface area contributed by atoms with Gasteiger partial charge in [-0.2, -0.15) is 5.26 Å². The Morgan fingerprint density at radius 3 is 2.53 bits per heavy atom. The van der Waals surface area contributed by atoms with Gasteiger partial charge in [-0.15, -0.1) is 10.2 Å². The standard InChI is InChI=1S/C25H17N5O3S/c1-29-23(31)17-9-3-5-11-19(17)30-22(27-28-25(29)30)15-33-24(32)18-10-4-7-13-21(18)34-20-12-6-2-8-16(20)14-26/h2-13H,15H2,1H3. The Balaban J connectivity index is 1.45. The summed E-state index contributed by atoms with van der Waals surface area (Å²) in [6.45, 7) is -0.129. The van der Waals surface area contributed by atoms with E-state index in [0.29, 0.717) is 38.5 Å². The molecule has 34 heavy (non-hydrogen) atoms.